The first-order valence-corrected chi connectivity index (χ1v) is 12.5. The molecule has 0 spiro atoms. The van der Waals surface area contributed by atoms with E-state index in [1.807, 2.05) is 32.9 Å². The summed E-state index contributed by atoms with van der Waals surface area (Å²) in [6, 6.07) is 6.72. The minimum atomic E-state index is -0.619. The van der Waals surface area contributed by atoms with Crippen LogP contribution in [0.2, 0.25) is 0 Å². The third-order valence-electron chi connectivity index (χ3n) is 5.76. The Morgan fingerprint density at radius 3 is 1.77 bits per heavy atom. The lowest BCUT2D eigenvalue weighted by atomic mass is 10.0. The van der Waals surface area contributed by atoms with E-state index < -0.39 is 6.04 Å². The summed E-state index contributed by atoms with van der Waals surface area (Å²) < 4.78 is 5.46. The van der Waals surface area contributed by atoms with Crippen LogP contribution in [0.3, 0.4) is 0 Å². The number of amides is 1. The van der Waals surface area contributed by atoms with Gasteiger partial charge in [-0.3, -0.25) is 4.79 Å². The van der Waals surface area contributed by atoms with Gasteiger partial charge in [0, 0.05) is 5.56 Å². The van der Waals surface area contributed by atoms with E-state index in [2.05, 4.69) is 12.2 Å². The van der Waals surface area contributed by atoms with Gasteiger partial charge in [-0.25, -0.2) is 4.79 Å². The molecule has 4 nitrogen and oxygen atoms in total. The maximum atomic E-state index is 12.5. The first-order chi connectivity index (χ1) is 15.0. The Labute approximate surface area is 190 Å². The van der Waals surface area contributed by atoms with E-state index in [1.54, 1.807) is 12.1 Å². The normalized spacial score (nSPS) is 12.0. The van der Waals surface area contributed by atoms with Gasteiger partial charge >= 0.3 is 5.97 Å². The van der Waals surface area contributed by atoms with Crippen LogP contribution in [0.1, 0.15) is 114 Å². The molecule has 0 saturated heterocycles. The van der Waals surface area contributed by atoms with Crippen molar-refractivity contribution in [1.29, 1.82) is 0 Å². The minimum Gasteiger partial charge on any atom is -0.464 e. The number of rotatable bonds is 17. The van der Waals surface area contributed by atoms with E-state index in [1.165, 1.54) is 64.2 Å². The van der Waals surface area contributed by atoms with Crippen molar-refractivity contribution in [3.63, 3.8) is 0 Å². The molecule has 0 heterocycles. The van der Waals surface area contributed by atoms with Crippen LogP contribution in [0.5, 0.6) is 0 Å². The van der Waals surface area contributed by atoms with Crippen molar-refractivity contribution < 1.29 is 14.3 Å². The zero-order chi connectivity index (χ0) is 22.9. The molecule has 0 aliphatic carbocycles. The fourth-order valence-corrected chi connectivity index (χ4v) is 3.63. The minimum absolute atomic E-state index is 0.0242. The number of esters is 1. The number of aryl methyl sites for hydroxylation is 1. The zero-order valence-electron chi connectivity index (χ0n) is 20.4. The van der Waals surface area contributed by atoms with Crippen LogP contribution in [-0.2, 0) is 9.53 Å². The SMILES string of the molecule is CCCCCCCCCCCCCCOC(=O)C(NC(=O)c1ccc(C)cc1)C(C)C. The summed E-state index contributed by atoms with van der Waals surface area (Å²) in [6.45, 7) is 8.51. The summed E-state index contributed by atoms with van der Waals surface area (Å²) in [7, 11) is 0. The van der Waals surface area contributed by atoms with E-state index >= 15 is 0 Å². The van der Waals surface area contributed by atoms with Gasteiger partial charge in [-0.05, 0) is 31.4 Å². The summed E-state index contributed by atoms with van der Waals surface area (Å²) in [4.78, 5) is 24.9. The fraction of sp³-hybridized carbons (Fsp3) is 0.704. The summed E-state index contributed by atoms with van der Waals surface area (Å²) in [5.41, 5.74) is 1.66. The standard InChI is InChI=1S/C27H45NO3/c1-5-6-7-8-9-10-11-12-13-14-15-16-21-31-27(30)25(22(2)3)28-26(29)24-19-17-23(4)18-20-24/h17-20,22,25H,5-16,21H2,1-4H3,(H,28,29). The number of unbranched alkanes of at least 4 members (excludes halogenated alkanes) is 11. The number of carbonyl (C=O) groups is 2. The molecule has 4 heteroatoms. The van der Waals surface area contributed by atoms with Gasteiger partial charge in [-0.2, -0.15) is 0 Å². The van der Waals surface area contributed by atoms with Crippen LogP contribution >= 0.6 is 0 Å². The molecule has 0 radical (unpaired) electrons. The molecule has 0 bridgehead atoms. The molecule has 1 amide bonds. The maximum absolute atomic E-state index is 12.5. The number of carbonyl (C=O) groups excluding carboxylic acids is 2. The van der Waals surface area contributed by atoms with E-state index in [-0.39, 0.29) is 17.8 Å². The Bertz CT molecular complexity index is 609. The lowest BCUT2D eigenvalue weighted by Crippen LogP contribution is -2.45. The highest BCUT2D eigenvalue weighted by Gasteiger charge is 2.26. The molecule has 0 fully saturated rings. The molecule has 0 aromatic heterocycles. The second-order valence-corrected chi connectivity index (χ2v) is 9.12. The Morgan fingerprint density at radius 2 is 1.29 bits per heavy atom. The molecule has 1 aromatic rings. The third-order valence-corrected chi connectivity index (χ3v) is 5.76. The molecular formula is C27H45NO3. The van der Waals surface area contributed by atoms with Crippen molar-refractivity contribution in [2.45, 2.75) is 111 Å². The molecule has 176 valence electrons. The van der Waals surface area contributed by atoms with Crippen LogP contribution in [0.25, 0.3) is 0 Å². The number of hydrogen-bond acceptors (Lipinski definition) is 3. The van der Waals surface area contributed by atoms with E-state index in [0.717, 1.165) is 18.4 Å². The smallest absolute Gasteiger partial charge is 0.328 e. The highest BCUT2D eigenvalue weighted by Crippen LogP contribution is 2.12. The number of hydrogen-bond donors (Lipinski definition) is 1. The van der Waals surface area contributed by atoms with Crippen molar-refractivity contribution >= 4 is 11.9 Å². The van der Waals surface area contributed by atoms with Crippen LogP contribution < -0.4 is 5.32 Å². The van der Waals surface area contributed by atoms with E-state index in [4.69, 9.17) is 4.74 Å². The Morgan fingerprint density at radius 1 is 0.806 bits per heavy atom. The van der Waals surface area contributed by atoms with Crippen LogP contribution in [0.15, 0.2) is 24.3 Å². The van der Waals surface area contributed by atoms with Gasteiger partial charge in [0.25, 0.3) is 5.91 Å². The van der Waals surface area contributed by atoms with Crippen molar-refractivity contribution in [3.05, 3.63) is 35.4 Å². The third kappa shape index (κ3) is 12.6. The highest BCUT2D eigenvalue weighted by molar-refractivity contribution is 5.96. The molecule has 0 saturated carbocycles. The fourth-order valence-electron chi connectivity index (χ4n) is 3.63. The number of nitrogens with one attached hydrogen (secondary N) is 1. The van der Waals surface area contributed by atoms with E-state index in [0.29, 0.717) is 12.2 Å². The molecule has 1 unspecified atom stereocenters. The Hall–Kier alpha value is -1.84. The molecule has 1 aromatic carbocycles. The lowest BCUT2D eigenvalue weighted by Gasteiger charge is -2.21. The van der Waals surface area contributed by atoms with Crippen molar-refractivity contribution in [2.24, 2.45) is 5.92 Å². The molecule has 1 rings (SSSR count). The van der Waals surface area contributed by atoms with Crippen molar-refractivity contribution in [3.8, 4) is 0 Å². The lowest BCUT2D eigenvalue weighted by molar-refractivity contribution is -0.147. The Kier molecular flexibility index (Phi) is 14.7. The summed E-state index contributed by atoms with van der Waals surface area (Å²) in [6.07, 6.45) is 15.3. The summed E-state index contributed by atoms with van der Waals surface area (Å²) >= 11 is 0. The predicted octanol–water partition coefficient (Wildman–Crippen LogP) is 6.99. The van der Waals surface area contributed by atoms with Crippen molar-refractivity contribution in [1.82, 2.24) is 5.32 Å². The molecule has 0 aliphatic heterocycles. The average molecular weight is 432 g/mol. The second kappa shape index (κ2) is 16.8. The van der Waals surface area contributed by atoms with Crippen LogP contribution in [-0.4, -0.2) is 24.5 Å². The topological polar surface area (TPSA) is 55.4 Å². The first-order valence-electron chi connectivity index (χ1n) is 12.5. The molecule has 1 N–H and O–H groups in total. The molecule has 0 aliphatic rings. The van der Waals surface area contributed by atoms with Crippen LogP contribution in [0, 0.1) is 12.8 Å². The highest BCUT2D eigenvalue weighted by atomic mass is 16.5. The molecule has 31 heavy (non-hydrogen) atoms. The van der Waals surface area contributed by atoms with Gasteiger partial charge in [0.1, 0.15) is 6.04 Å². The van der Waals surface area contributed by atoms with Gasteiger partial charge in [0.15, 0.2) is 0 Å². The van der Waals surface area contributed by atoms with E-state index in [9.17, 15) is 9.59 Å². The van der Waals surface area contributed by atoms with Crippen LogP contribution in [0.4, 0.5) is 0 Å². The monoisotopic (exact) mass is 431 g/mol. The quantitative estimate of drug-likeness (QED) is 0.213. The number of ether oxygens (including phenoxy) is 1. The number of benzene rings is 1. The van der Waals surface area contributed by atoms with Crippen molar-refractivity contribution in [2.75, 3.05) is 6.61 Å². The first kappa shape index (κ1) is 27.2. The van der Waals surface area contributed by atoms with Gasteiger partial charge in [0.2, 0.25) is 0 Å². The van der Waals surface area contributed by atoms with Gasteiger partial charge in [-0.15, -0.1) is 0 Å². The van der Waals surface area contributed by atoms with Gasteiger partial charge < -0.3 is 10.1 Å². The predicted molar refractivity (Wildman–Crippen MR) is 129 cm³/mol. The Balaban J connectivity index is 2.14. The molecular weight excluding hydrogens is 386 g/mol. The summed E-state index contributed by atoms with van der Waals surface area (Å²) in [5, 5.41) is 2.84. The molecule has 1 atom stereocenters. The van der Waals surface area contributed by atoms with Gasteiger partial charge in [0.05, 0.1) is 6.61 Å². The largest absolute Gasteiger partial charge is 0.464 e. The summed E-state index contributed by atoms with van der Waals surface area (Å²) in [5.74, 6) is -0.594. The van der Waals surface area contributed by atoms with Gasteiger partial charge in [-0.1, -0.05) is 109 Å². The maximum Gasteiger partial charge on any atom is 0.328 e. The zero-order valence-corrected chi connectivity index (χ0v) is 20.4. The average Bonchev–Trinajstić information content (AvgIpc) is 2.75. The second-order valence-electron chi connectivity index (χ2n) is 9.12.